The van der Waals surface area contributed by atoms with Crippen LogP contribution in [0.5, 0.6) is 0 Å². The molecule has 0 saturated carbocycles. The van der Waals surface area contributed by atoms with Gasteiger partial charge < -0.3 is 21.3 Å². The molecular formula is C14H30N6Ni. The molecule has 0 amide bonds. The standard InChI is InChI=1S/C14H30N6.Ni/c1-3-9-19-11-15-5-7-17-13-20(10-4-2)14-18-8-6-16-12-19;/h3-4,15-18H,1-2,5-14H2;. The molecule has 126 valence electrons. The van der Waals surface area contributed by atoms with Crippen molar-refractivity contribution in [3.05, 3.63) is 25.3 Å². The topological polar surface area (TPSA) is 54.6 Å². The Morgan fingerprint density at radius 3 is 1.19 bits per heavy atom. The minimum Gasteiger partial charge on any atom is -0.303 e. The van der Waals surface area contributed by atoms with Gasteiger partial charge in [-0.2, -0.15) is 0 Å². The SMILES string of the molecule is C=CCN1CNCCNCN(CC=C)CNCCNC1.[Ni]. The molecule has 0 aromatic heterocycles. The molecule has 1 fully saturated rings. The Kier molecular flexibility index (Phi) is 14.5. The van der Waals surface area contributed by atoms with E-state index < -0.39 is 0 Å². The van der Waals surface area contributed by atoms with Crippen molar-refractivity contribution in [1.82, 2.24) is 31.1 Å². The van der Waals surface area contributed by atoms with E-state index in [1.54, 1.807) is 0 Å². The summed E-state index contributed by atoms with van der Waals surface area (Å²) in [5, 5.41) is 13.8. The zero-order valence-electron chi connectivity index (χ0n) is 12.9. The van der Waals surface area contributed by atoms with Crippen molar-refractivity contribution in [2.45, 2.75) is 0 Å². The van der Waals surface area contributed by atoms with E-state index in [1.165, 1.54) is 0 Å². The van der Waals surface area contributed by atoms with Gasteiger partial charge in [0.05, 0.1) is 0 Å². The van der Waals surface area contributed by atoms with Crippen LogP contribution in [0.15, 0.2) is 25.3 Å². The minimum absolute atomic E-state index is 0. The number of hydrogen-bond acceptors (Lipinski definition) is 6. The molecule has 21 heavy (non-hydrogen) atoms. The van der Waals surface area contributed by atoms with Crippen molar-refractivity contribution >= 4 is 0 Å². The van der Waals surface area contributed by atoms with Gasteiger partial charge >= 0.3 is 0 Å². The van der Waals surface area contributed by atoms with E-state index in [0.29, 0.717) is 0 Å². The molecule has 0 aromatic carbocycles. The Bertz CT molecular complexity index is 222. The first-order valence-electron chi connectivity index (χ1n) is 7.36. The van der Waals surface area contributed by atoms with Gasteiger partial charge in [0, 0.05) is 82.4 Å². The molecule has 1 heterocycles. The van der Waals surface area contributed by atoms with Gasteiger partial charge in [-0.05, 0) is 0 Å². The molecule has 0 radical (unpaired) electrons. The second kappa shape index (κ2) is 14.7. The predicted octanol–water partition coefficient (Wildman–Crippen LogP) is -0.838. The maximum atomic E-state index is 3.80. The van der Waals surface area contributed by atoms with Crippen LogP contribution >= 0.6 is 0 Å². The van der Waals surface area contributed by atoms with Crippen molar-refractivity contribution in [1.29, 1.82) is 0 Å². The summed E-state index contributed by atoms with van der Waals surface area (Å²) in [5.41, 5.74) is 0. The van der Waals surface area contributed by atoms with Crippen LogP contribution in [0.4, 0.5) is 0 Å². The molecule has 1 aliphatic rings. The number of rotatable bonds is 4. The molecule has 7 heteroatoms. The van der Waals surface area contributed by atoms with Crippen LogP contribution in [0.25, 0.3) is 0 Å². The summed E-state index contributed by atoms with van der Waals surface area (Å²) in [6.45, 7) is 16.8. The smallest absolute Gasteiger partial charge is 0.0496 e. The molecule has 1 rings (SSSR count). The summed E-state index contributed by atoms with van der Waals surface area (Å²) < 4.78 is 0. The molecule has 0 bridgehead atoms. The number of nitrogens with one attached hydrogen (secondary N) is 4. The summed E-state index contributed by atoms with van der Waals surface area (Å²) in [6.07, 6.45) is 3.88. The quantitative estimate of drug-likeness (QED) is 0.395. The second-order valence-electron chi connectivity index (χ2n) is 4.92. The fourth-order valence-electron chi connectivity index (χ4n) is 2.04. The van der Waals surface area contributed by atoms with Crippen LogP contribution < -0.4 is 21.3 Å². The van der Waals surface area contributed by atoms with Crippen LogP contribution in [-0.2, 0) is 16.5 Å². The number of nitrogens with zero attached hydrogens (tertiary/aromatic N) is 2. The molecule has 0 spiro atoms. The van der Waals surface area contributed by atoms with Gasteiger partial charge in [-0.3, -0.25) is 9.80 Å². The van der Waals surface area contributed by atoms with Gasteiger partial charge in [0.2, 0.25) is 0 Å². The Morgan fingerprint density at radius 2 is 0.952 bits per heavy atom. The third-order valence-corrected chi connectivity index (χ3v) is 3.07. The summed E-state index contributed by atoms with van der Waals surface area (Å²) in [7, 11) is 0. The average Bonchev–Trinajstić information content (AvgIpc) is 2.45. The molecule has 1 aliphatic heterocycles. The van der Waals surface area contributed by atoms with Crippen molar-refractivity contribution in [3.8, 4) is 0 Å². The predicted molar refractivity (Wildman–Crippen MR) is 85.3 cm³/mol. The maximum absolute atomic E-state index is 3.80. The minimum atomic E-state index is 0. The first-order chi connectivity index (χ1) is 9.86. The molecular weight excluding hydrogens is 311 g/mol. The molecule has 0 unspecified atom stereocenters. The van der Waals surface area contributed by atoms with Crippen LogP contribution in [0, 0.1) is 0 Å². The molecule has 0 aliphatic carbocycles. The molecule has 6 nitrogen and oxygen atoms in total. The first kappa shape index (κ1) is 20.7. The maximum Gasteiger partial charge on any atom is 0.0496 e. The van der Waals surface area contributed by atoms with Crippen LogP contribution in [0.3, 0.4) is 0 Å². The van der Waals surface area contributed by atoms with E-state index in [9.17, 15) is 0 Å². The number of hydrogen-bond donors (Lipinski definition) is 4. The monoisotopic (exact) mass is 340 g/mol. The summed E-state index contributed by atoms with van der Waals surface area (Å²) in [4.78, 5) is 4.59. The van der Waals surface area contributed by atoms with E-state index in [0.717, 1.165) is 65.9 Å². The van der Waals surface area contributed by atoms with E-state index in [4.69, 9.17) is 0 Å². The third kappa shape index (κ3) is 11.0. The fraction of sp³-hybridized carbons (Fsp3) is 0.714. The van der Waals surface area contributed by atoms with Gasteiger partial charge in [-0.1, -0.05) is 12.2 Å². The molecule has 1 saturated heterocycles. The Morgan fingerprint density at radius 1 is 0.667 bits per heavy atom. The van der Waals surface area contributed by atoms with Crippen molar-refractivity contribution in [3.63, 3.8) is 0 Å². The van der Waals surface area contributed by atoms with Crippen molar-refractivity contribution < 1.29 is 16.5 Å². The van der Waals surface area contributed by atoms with Gasteiger partial charge in [0.1, 0.15) is 0 Å². The Balaban J connectivity index is 0.00000400. The van der Waals surface area contributed by atoms with Gasteiger partial charge in [-0.15, -0.1) is 13.2 Å². The normalized spacial score (nSPS) is 21.0. The van der Waals surface area contributed by atoms with E-state index in [1.807, 2.05) is 12.2 Å². The van der Waals surface area contributed by atoms with E-state index in [-0.39, 0.29) is 16.5 Å². The summed E-state index contributed by atoms with van der Waals surface area (Å²) in [5.74, 6) is 0. The van der Waals surface area contributed by atoms with Gasteiger partial charge in [-0.25, -0.2) is 0 Å². The first-order valence-corrected chi connectivity index (χ1v) is 7.36. The zero-order chi connectivity index (χ0) is 14.5. The average molecular weight is 341 g/mol. The zero-order valence-corrected chi connectivity index (χ0v) is 13.8. The summed E-state index contributed by atoms with van der Waals surface area (Å²) >= 11 is 0. The molecule has 0 aromatic rings. The van der Waals surface area contributed by atoms with Gasteiger partial charge in [0.15, 0.2) is 0 Å². The summed E-state index contributed by atoms with van der Waals surface area (Å²) in [6, 6.07) is 0. The van der Waals surface area contributed by atoms with Crippen molar-refractivity contribution in [2.24, 2.45) is 0 Å². The fourth-order valence-corrected chi connectivity index (χ4v) is 2.04. The molecule has 0 atom stereocenters. The van der Waals surface area contributed by atoms with E-state index in [2.05, 4.69) is 44.2 Å². The van der Waals surface area contributed by atoms with Crippen LogP contribution in [-0.4, -0.2) is 75.7 Å². The van der Waals surface area contributed by atoms with Crippen LogP contribution in [0.2, 0.25) is 0 Å². The van der Waals surface area contributed by atoms with E-state index >= 15 is 0 Å². The van der Waals surface area contributed by atoms with Crippen molar-refractivity contribution in [2.75, 3.05) is 65.9 Å². The Labute approximate surface area is 139 Å². The van der Waals surface area contributed by atoms with Crippen LogP contribution in [0.1, 0.15) is 0 Å². The van der Waals surface area contributed by atoms with Gasteiger partial charge in [0.25, 0.3) is 0 Å². The third-order valence-electron chi connectivity index (χ3n) is 3.07. The second-order valence-corrected chi connectivity index (χ2v) is 4.92. The largest absolute Gasteiger partial charge is 0.303 e. The molecule has 4 N–H and O–H groups in total. The Hall–Kier alpha value is -0.266.